The van der Waals surface area contributed by atoms with Crippen molar-refractivity contribution in [3.8, 4) is 0 Å². The number of nitrogens with one attached hydrogen (secondary N) is 1. The Balaban J connectivity index is 1.60. The third kappa shape index (κ3) is 5.54. The average molecular weight is 439 g/mol. The van der Waals surface area contributed by atoms with Gasteiger partial charge in [0.15, 0.2) is 10.9 Å². The van der Waals surface area contributed by atoms with Crippen molar-refractivity contribution in [3.05, 3.63) is 75.1 Å². The Hall–Kier alpha value is -3.53. The van der Waals surface area contributed by atoms with Crippen LogP contribution in [0.25, 0.3) is 0 Å². The fourth-order valence-corrected chi connectivity index (χ4v) is 3.62. The van der Waals surface area contributed by atoms with E-state index in [0.29, 0.717) is 16.7 Å². The zero-order valence-electron chi connectivity index (χ0n) is 17.3. The van der Waals surface area contributed by atoms with Crippen LogP contribution in [0.1, 0.15) is 27.3 Å². The summed E-state index contributed by atoms with van der Waals surface area (Å²) in [7, 11) is 1.72. The summed E-state index contributed by atoms with van der Waals surface area (Å²) in [6.07, 6.45) is 0.0375. The molecule has 0 atom stereocenters. The molecule has 10 heteroatoms. The van der Waals surface area contributed by atoms with Crippen LogP contribution in [-0.2, 0) is 18.3 Å². The molecule has 0 saturated carbocycles. The van der Waals surface area contributed by atoms with Gasteiger partial charge in [0.25, 0.3) is 5.69 Å². The summed E-state index contributed by atoms with van der Waals surface area (Å²) < 4.78 is 1.66. The smallest absolute Gasteiger partial charge is 0.270 e. The summed E-state index contributed by atoms with van der Waals surface area (Å²) in [6, 6.07) is 11.3. The van der Waals surface area contributed by atoms with Crippen molar-refractivity contribution in [2.24, 2.45) is 7.05 Å². The van der Waals surface area contributed by atoms with Gasteiger partial charge in [0.2, 0.25) is 5.91 Å². The highest BCUT2D eigenvalue weighted by molar-refractivity contribution is 7.99. The standard InChI is InChI=1S/C21H21N5O4S/c1-13-7-8-16(9-14(13)2)22-20(28)11-19-23-24-21(25(19)3)31-12-18(27)15-5-4-6-17(10-15)26(29)30/h4-10H,11-12H2,1-3H3,(H,22,28). The van der Waals surface area contributed by atoms with Crippen molar-refractivity contribution in [2.75, 3.05) is 11.1 Å². The van der Waals surface area contributed by atoms with Crippen LogP contribution < -0.4 is 5.32 Å². The first-order chi connectivity index (χ1) is 14.7. The van der Waals surface area contributed by atoms with E-state index in [1.165, 1.54) is 24.3 Å². The van der Waals surface area contributed by atoms with Gasteiger partial charge in [0.1, 0.15) is 5.82 Å². The maximum absolute atomic E-state index is 12.4. The molecule has 31 heavy (non-hydrogen) atoms. The van der Waals surface area contributed by atoms with E-state index >= 15 is 0 Å². The molecule has 0 radical (unpaired) electrons. The van der Waals surface area contributed by atoms with Crippen molar-refractivity contribution < 1.29 is 14.5 Å². The van der Waals surface area contributed by atoms with E-state index in [2.05, 4.69) is 15.5 Å². The molecule has 0 aliphatic carbocycles. The number of nitrogens with zero attached hydrogens (tertiary/aromatic N) is 4. The van der Waals surface area contributed by atoms with Gasteiger partial charge in [-0.15, -0.1) is 10.2 Å². The molecule has 3 rings (SSSR count). The number of carbonyl (C=O) groups excluding carboxylic acids is 2. The second kappa shape index (κ2) is 9.52. The third-order valence-corrected chi connectivity index (χ3v) is 5.77. The van der Waals surface area contributed by atoms with E-state index in [9.17, 15) is 19.7 Å². The van der Waals surface area contributed by atoms with Crippen LogP contribution in [0.3, 0.4) is 0 Å². The number of hydrogen-bond donors (Lipinski definition) is 1. The molecule has 0 bridgehead atoms. The Morgan fingerprint density at radius 3 is 2.61 bits per heavy atom. The van der Waals surface area contributed by atoms with Crippen LogP contribution in [0, 0.1) is 24.0 Å². The summed E-state index contributed by atoms with van der Waals surface area (Å²) in [5.74, 6) is 0.0301. The molecule has 0 saturated heterocycles. The predicted octanol–water partition coefficient (Wildman–Crippen LogP) is 3.50. The number of nitro benzene ring substituents is 1. The monoisotopic (exact) mass is 439 g/mol. The highest BCUT2D eigenvalue weighted by Gasteiger charge is 2.16. The first-order valence-corrected chi connectivity index (χ1v) is 10.4. The van der Waals surface area contributed by atoms with Crippen LogP contribution in [0.5, 0.6) is 0 Å². The number of rotatable bonds is 8. The maximum Gasteiger partial charge on any atom is 0.270 e. The van der Waals surface area contributed by atoms with E-state index < -0.39 is 4.92 Å². The zero-order valence-corrected chi connectivity index (χ0v) is 18.1. The van der Waals surface area contributed by atoms with Gasteiger partial charge in [0, 0.05) is 30.4 Å². The van der Waals surface area contributed by atoms with Gasteiger partial charge >= 0.3 is 0 Å². The van der Waals surface area contributed by atoms with E-state index in [1.807, 2.05) is 32.0 Å². The fraction of sp³-hybridized carbons (Fsp3) is 0.238. The number of thioether (sulfide) groups is 1. The number of nitro groups is 1. The van der Waals surface area contributed by atoms with E-state index in [0.717, 1.165) is 22.9 Å². The Morgan fingerprint density at radius 2 is 1.90 bits per heavy atom. The van der Waals surface area contributed by atoms with Crippen molar-refractivity contribution in [1.29, 1.82) is 0 Å². The van der Waals surface area contributed by atoms with Crippen molar-refractivity contribution >= 4 is 34.8 Å². The Bertz CT molecular complexity index is 1160. The molecular formula is C21H21N5O4S. The fourth-order valence-electron chi connectivity index (χ4n) is 2.80. The zero-order chi connectivity index (χ0) is 22.5. The number of carbonyl (C=O) groups is 2. The van der Waals surface area contributed by atoms with Crippen LogP contribution in [0.2, 0.25) is 0 Å². The molecule has 0 aliphatic heterocycles. The molecular weight excluding hydrogens is 418 g/mol. The van der Waals surface area contributed by atoms with Crippen molar-refractivity contribution in [3.63, 3.8) is 0 Å². The highest BCUT2D eigenvalue weighted by atomic mass is 32.2. The van der Waals surface area contributed by atoms with Gasteiger partial charge < -0.3 is 9.88 Å². The number of ketones is 1. The summed E-state index contributed by atoms with van der Waals surface area (Å²) in [5.41, 5.74) is 3.08. The second-order valence-corrected chi connectivity index (χ2v) is 7.94. The molecule has 1 N–H and O–H groups in total. The lowest BCUT2D eigenvalue weighted by atomic mass is 10.1. The van der Waals surface area contributed by atoms with Gasteiger partial charge in [-0.3, -0.25) is 19.7 Å². The number of non-ortho nitro benzene ring substituents is 1. The molecule has 1 heterocycles. The van der Waals surface area contributed by atoms with Gasteiger partial charge in [-0.05, 0) is 37.1 Å². The van der Waals surface area contributed by atoms with E-state index in [-0.39, 0.29) is 35.1 Å². The second-order valence-electron chi connectivity index (χ2n) is 7.00. The minimum absolute atomic E-state index is 0.0375. The van der Waals surface area contributed by atoms with Gasteiger partial charge in [0.05, 0.1) is 17.1 Å². The third-order valence-electron chi connectivity index (χ3n) is 4.75. The largest absolute Gasteiger partial charge is 0.326 e. The van der Waals surface area contributed by atoms with Gasteiger partial charge in [-0.1, -0.05) is 30.0 Å². The summed E-state index contributed by atoms with van der Waals surface area (Å²) in [6.45, 7) is 3.98. The molecule has 9 nitrogen and oxygen atoms in total. The molecule has 3 aromatic rings. The Morgan fingerprint density at radius 1 is 1.13 bits per heavy atom. The predicted molar refractivity (Wildman–Crippen MR) is 117 cm³/mol. The molecule has 0 spiro atoms. The molecule has 1 amide bonds. The SMILES string of the molecule is Cc1ccc(NC(=O)Cc2nnc(SCC(=O)c3cccc([N+](=O)[O-])c3)n2C)cc1C. The van der Waals surface area contributed by atoms with E-state index in [1.54, 1.807) is 11.6 Å². The summed E-state index contributed by atoms with van der Waals surface area (Å²) in [4.78, 5) is 35.1. The van der Waals surface area contributed by atoms with Gasteiger partial charge in [-0.25, -0.2) is 0 Å². The van der Waals surface area contributed by atoms with Crippen LogP contribution in [0.4, 0.5) is 11.4 Å². The number of benzene rings is 2. The lowest BCUT2D eigenvalue weighted by Crippen LogP contribution is -2.17. The number of Topliss-reactive ketones (excluding diaryl/α,β-unsaturated/α-hetero) is 1. The molecule has 2 aromatic carbocycles. The number of anilines is 1. The number of aryl methyl sites for hydroxylation is 2. The quantitative estimate of drug-likeness (QED) is 0.247. The topological polar surface area (TPSA) is 120 Å². The Kier molecular flexibility index (Phi) is 6.81. The number of aromatic nitrogens is 3. The molecule has 1 aromatic heterocycles. The Labute approximate surface area is 183 Å². The molecule has 0 aliphatic rings. The minimum Gasteiger partial charge on any atom is -0.326 e. The first-order valence-electron chi connectivity index (χ1n) is 9.40. The normalized spacial score (nSPS) is 10.7. The maximum atomic E-state index is 12.4. The highest BCUT2D eigenvalue weighted by Crippen LogP contribution is 2.20. The summed E-state index contributed by atoms with van der Waals surface area (Å²) in [5, 5.41) is 22.3. The lowest BCUT2D eigenvalue weighted by Gasteiger charge is -2.08. The minimum atomic E-state index is -0.540. The van der Waals surface area contributed by atoms with Crippen molar-refractivity contribution in [2.45, 2.75) is 25.4 Å². The lowest BCUT2D eigenvalue weighted by molar-refractivity contribution is -0.384. The molecule has 0 fully saturated rings. The molecule has 0 unspecified atom stereocenters. The molecule has 160 valence electrons. The van der Waals surface area contributed by atoms with Crippen LogP contribution in [0.15, 0.2) is 47.6 Å². The van der Waals surface area contributed by atoms with Crippen molar-refractivity contribution in [1.82, 2.24) is 14.8 Å². The average Bonchev–Trinajstić information content (AvgIpc) is 3.08. The first kappa shape index (κ1) is 22.2. The number of amides is 1. The van der Waals surface area contributed by atoms with Crippen LogP contribution in [-0.4, -0.2) is 37.1 Å². The van der Waals surface area contributed by atoms with Gasteiger partial charge in [-0.2, -0.15) is 0 Å². The number of hydrogen-bond acceptors (Lipinski definition) is 7. The summed E-state index contributed by atoms with van der Waals surface area (Å²) >= 11 is 1.16. The van der Waals surface area contributed by atoms with Crippen LogP contribution >= 0.6 is 11.8 Å². The van der Waals surface area contributed by atoms with E-state index in [4.69, 9.17) is 0 Å².